The van der Waals surface area contributed by atoms with E-state index in [0.717, 1.165) is 61.6 Å². The lowest BCUT2D eigenvalue weighted by Gasteiger charge is -2.44. The van der Waals surface area contributed by atoms with Crippen LogP contribution in [0.4, 0.5) is 4.79 Å². The van der Waals surface area contributed by atoms with Crippen molar-refractivity contribution in [2.75, 3.05) is 0 Å². The van der Waals surface area contributed by atoms with Gasteiger partial charge in [0.2, 0.25) is 11.8 Å². The molecule has 0 bridgehead atoms. The summed E-state index contributed by atoms with van der Waals surface area (Å²) in [5, 5.41) is 15.9. The molecule has 0 aliphatic heterocycles. The lowest BCUT2D eigenvalue weighted by atomic mass is 9.87. The molecule has 2 fully saturated rings. The highest BCUT2D eigenvalue weighted by molar-refractivity contribution is 5.92. The first kappa shape index (κ1) is 30.4. The number of phenols is 1. The summed E-state index contributed by atoms with van der Waals surface area (Å²) < 4.78 is 5.52. The summed E-state index contributed by atoms with van der Waals surface area (Å²) in [6.45, 7) is 7.31. The molecule has 0 heterocycles. The van der Waals surface area contributed by atoms with Crippen molar-refractivity contribution in [1.29, 1.82) is 0 Å². The van der Waals surface area contributed by atoms with Gasteiger partial charge in [-0.15, -0.1) is 0 Å². The summed E-state index contributed by atoms with van der Waals surface area (Å²) >= 11 is 0. The number of nitrogens with one attached hydrogen (secondary N) is 2. The summed E-state index contributed by atoms with van der Waals surface area (Å²) in [7, 11) is 0. The van der Waals surface area contributed by atoms with Gasteiger partial charge in [-0.25, -0.2) is 4.79 Å². The second kappa shape index (κ2) is 13.4. The van der Waals surface area contributed by atoms with E-state index in [0.29, 0.717) is 0 Å². The van der Waals surface area contributed by atoms with E-state index in [9.17, 15) is 19.5 Å². The summed E-state index contributed by atoms with van der Waals surface area (Å²) in [6.07, 6.45) is 7.28. The maximum Gasteiger partial charge on any atom is 0.408 e. The van der Waals surface area contributed by atoms with Crippen LogP contribution in [0.25, 0.3) is 0 Å². The summed E-state index contributed by atoms with van der Waals surface area (Å²) in [5.41, 5.74) is 1.85. The number of aromatic hydroxyl groups is 1. The van der Waals surface area contributed by atoms with E-state index in [1.807, 2.05) is 31.2 Å². The van der Waals surface area contributed by atoms with Crippen LogP contribution in [0.3, 0.4) is 0 Å². The van der Waals surface area contributed by atoms with Gasteiger partial charge in [0.05, 0.1) is 0 Å². The molecule has 4 rings (SSSR count). The van der Waals surface area contributed by atoms with Crippen molar-refractivity contribution in [3.05, 3.63) is 65.2 Å². The summed E-state index contributed by atoms with van der Waals surface area (Å²) in [4.78, 5) is 43.3. The summed E-state index contributed by atoms with van der Waals surface area (Å²) in [5.74, 6) is -0.383. The number of nitrogens with zero attached hydrogens (tertiary/aromatic N) is 1. The number of ether oxygens (including phenoxy) is 1. The van der Waals surface area contributed by atoms with Crippen LogP contribution in [0.15, 0.2) is 48.5 Å². The fourth-order valence-electron chi connectivity index (χ4n) is 5.59. The lowest BCUT2D eigenvalue weighted by molar-refractivity contribution is -0.147. The van der Waals surface area contributed by atoms with Crippen LogP contribution < -0.4 is 10.6 Å². The van der Waals surface area contributed by atoms with Gasteiger partial charge in [0.25, 0.3) is 0 Å². The normalized spacial score (nSPS) is 17.6. The number of rotatable bonds is 9. The van der Waals surface area contributed by atoms with E-state index in [4.69, 9.17) is 4.74 Å². The van der Waals surface area contributed by atoms with Crippen LogP contribution in [0.5, 0.6) is 5.75 Å². The maximum atomic E-state index is 14.6. The molecule has 222 valence electrons. The molecule has 8 nitrogen and oxygen atoms in total. The average molecular weight is 564 g/mol. The predicted molar refractivity (Wildman–Crippen MR) is 158 cm³/mol. The second-order valence-corrected chi connectivity index (χ2v) is 12.6. The molecule has 2 aliphatic rings. The molecule has 2 aliphatic carbocycles. The Labute approximate surface area is 243 Å². The smallest absolute Gasteiger partial charge is 0.408 e. The minimum absolute atomic E-state index is 0.0928. The van der Waals surface area contributed by atoms with E-state index in [-0.39, 0.29) is 36.1 Å². The molecule has 2 unspecified atom stereocenters. The lowest BCUT2D eigenvalue weighted by Crippen LogP contribution is -2.58. The maximum absolute atomic E-state index is 14.6. The highest BCUT2D eigenvalue weighted by Gasteiger charge is 2.42. The van der Waals surface area contributed by atoms with E-state index in [2.05, 4.69) is 10.6 Å². The van der Waals surface area contributed by atoms with Gasteiger partial charge in [-0.1, -0.05) is 61.2 Å². The number of hydrogen-bond donors (Lipinski definition) is 3. The number of phenolic OH excluding ortho intramolecular Hbond substituents is 1. The van der Waals surface area contributed by atoms with Gasteiger partial charge in [0.1, 0.15) is 23.4 Å². The van der Waals surface area contributed by atoms with E-state index < -0.39 is 23.8 Å². The molecule has 2 atom stereocenters. The van der Waals surface area contributed by atoms with Crippen LogP contribution in [0.2, 0.25) is 0 Å². The number of hydrogen-bond acceptors (Lipinski definition) is 5. The van der Waals surface area contributed by atoms with Crippen LogP contribution >= 0.6 is 0 Å². The van der Waals surface area contributed by atoms with Gasteiger partial charge in [-0.3, -0.25) is 9.59 Å². The van der Waals surface area contributed by atoms with Crippen molar-refractivity contribution >= 4 is 17.9 Å². The van der Waals surface area contributed by atoms with E-state index in [1.165, 1.54) is 6.42 Å². The Morgan fingerprint density at radius 2 is 1.56 bits per heavy atom. The molecule has 0 radical (unpaired) electrons. The molecular formula is C33H45N3O5. The molecule has 3 N–H and O–H groups in total. The zero-order valence-electron chi connectivity index (χ0n) is 24.8. The van der Waals surface area contributed by atoms with Crippen molar-refractivity contribution in [2.45, 2.75) is 115 Å². The van der Waals surface area contributed by atoms with Gasteiger partial charge < -0.3 is 25.4 Å². The van der Waals surface area contributed by atoms with E-state index >= 15 is 0 Å². The molecule has 0 spiro atoms. The minimum atomic E-state index is -0.967. The minimum Gasteiger partial charge on any atom is -0.508 e. The fourth-order valence-corrected chi connectivity index (χ4v) is 5.59. The first-order chi connectivity index (χ1) is 19.5. The topological polar surface area (TPSA) is 108 Å². The SMILES string of the molecule is Cc1ccc(C(C(=O)NC2CCCCC2)N(C(=O)C(Cc2ccc(O)cc2)NC(=O)OC(C)(C)C)C2CCC2)cc1. The van der Waals surface area contributed by atoms with Crippen LogP contribution in [0, 0.1) is 6.92 Å². The largest absolute Gasteiger partial charge is 0.508 e. The van der Waals surface area contributed by atoms with Crippen LogP contribution in [0.1, 0.15) is 94.9 Å². The van der Waals surface area contributed by atoms with Crippen LogP contribution in [-0.2, 0) is 20.7 Å². The zero-order valence-corrected chi connectivity index (χ0v) is 24.8. The Morgan fingerprint density at radius 3 is 2.12 bits per heavy atom. The van der Waals surface area contributed by atoms with Crippen molar-refractivity contribution < 1.29 is 24.2 Å². The van der Waals surface area contributed by atoms with Gasteiger partial charge in [0, 0.05) is 18.5 Å². The quantitative estimate of drug-likeness (QED) is 0.362. The monoisotopic (exact) mass is 563 g/mol. The molecule has 8 heteroatoms. The number of amides is 3. The highest BCUT2D eigenvalue weighted by Crippen LogP contribution is 2.34. The van der Waals surface area contributed by atoms with Gasteiger partial charge >= 0.3 is 6.09 Å². The molecular weight excluding hydrogens is 518 g/mol. The molecule has 41 heavy (non-hydrogen) atoms. The number of alkyl carbamates (subject to hydrolysis) is 1. The predicted octanol–water partition coefficient (Wildman–Crippen LogP) is 5.71. The number of carbonyl (C=O) groups excluding carboxylic acids is 3. The van der Waals surface area contributed by atoms with Crippen molar-refractivity contribution in [1.82, 2.24) is 15.5 Å². The zero-order chi connectivity index (χ0) is 29.6. The molecule has 0 saturated heterocycles. The standard InChI is InChI=1S/C33H45N3O5/c1-22-13-17-24(18-14-22)29(30(38)34-25-9-6-5-7-10-25)36(26-11-8-12-26)31(39)28(35-32(40)41-33(2,3)4)21-23-15-19-27(37)20-16-23/h13-20,25-26,28-29,37H,5-12,21H2,1-4H3,(H,34,38)(H,35,40). The number of benzene rings is 2. The Bertz CT molecular complexity index is 1180. The molecule has 2 aromatic carbocycles. The summed E-state index contributed by atoms with van der Waals surface area (Å²) in [6, 6.07) is 12.5. The third-order valence-electron chi connectivity index (χ3n) is 7.96. The Kier molecular flexibility index (Phi) is 9.94. The van der Waals surface area contributed by atoms with Gasteiger partial charge in [-0.05, 0) is 83.1 Å². The van der Waals surface area contributed by atoms with Crippen molar-refractivity contribution in [2.24, 2.45) is 0 Å². The molecule has 2 aromatic rings. The van der Waals surface area contributed by atoms with Crippen LogP contribution in [-0.4, -0.2) is 51.6 Å². The van der Waals surface area contributed by atoms with Gasteiger partial charge in [-0.2, -0.15) is 0 Å². The van der Waals surface area contributed by atoms with E-state index in [1.54, 1.807) is 49.9 Å². The Hall–Kier alpha value is -3.55. The molecule has 3 amide bonds. The average Bonchev–Trinajstić information content (AvgIpc) is 2.88. The third kappa shape index (κ3) is 8.47. The Morgan fingerprint density at radius 1 is 0.927 bits per heavy atom. The third-order valence-corrected chi connectivity index (χ3v) is 7.96. The highest BCUT2D eigenvalue weighted by atomic mass is 16.6. The number of aryl methyl sites for hydroxylation is 1. The Balaban J connectivity index is 1.69. The van der Waals surface area contributed by atoms with Crippen molar-refractivity contribution in [3.8, 4) is 5.75 Å². The first-order valence-electron chi connectivity index (χ1n) is 15.0. The number of carbonyl (C=O) groups is 3. The van der Waals surface area contributed by atoms with Crippen molar-refractivity contribution in [3.63, 3.8) is 0 Å². The molecule has 0 aromatic heterocycles. The fraction of sp³-hybridized carbons (Fsp3) is 0.545. The first-order valence-corrected chi connectivity index (χ1v) is 15.0. The second-order valence-electron chi connectivity index (χ2n) is 12.6. The molecule has 2 saturated carbocycles. The van der Waals surface area contributed by atoms with Gasteiger partial charge in [0.15, 0.2) is 0 Å².